The zero-order valence-electron chi connectivity index (χ0n) is 19.5. The van der Waals surface area contributed by atoms with Crippen molar-refractivity contribution in [2.75, 3.05) is 21.3 Å². The van der Waals surface area contributed by atoms with Crippen LogP contribution < -0.4 is 19.8 Å². The van der Waals surface area contributed by atoms with Gasteiger partial charge in [0, 0.05) is 22.4 Å². The minimum absolute atomic E-state index is 0.0574. The summed E-state index contributed by atoms with van der Waals surface area (Å²) >= 11 is 4.97. The van der Waals surface area contributed by atoms with Crippen LogP contribution in [0.15, 0.2) is 47.3 Å². The number of hydrogen-bond donors (Lipinski definition) is 0. The van der Waals surface area contributed by atoms with Crippen LogP contribution in [0.2, 0.25) is 0 Å². The number of benzene rings is 2. The molecule has 0 bridgehead atoms. The molecular weight excluding hydrogens is 532 g/mol. The molecule has 1 aliphatic carbocycles. The van der Waals surface area contributed by atoms with Crippen molar-refractivity contribution in [3.05, 3.63) is 68.8 Å². The van der Waals surface area contributed by atoms with Gasteiger partial charge in [-0.25, -0.2) is 4.98 Å². The van der Waals surface area contributed by atoms with Crippen LogP contribution in [0.3, 0.4) is 0 Å². The van der Waals surface area contributed by atoms with Gasteiger partial charge in [-0.3, -0.25) is 14.2 Å². The van der Waals surface area contributed by atoms with E-state index in [9.17, 15) is 9.59 Å². The van der Waals surface area contributed by atoms with Crippen molar-refractivity contribution in [3.63, 3.8) is 0 Å². The van der Waals surface area contributed by atoms with E-state index in [0.29, 0.717) is 63.1 Å². The Kier molecular flexibility index (Phi) is 6.37. The van der Waals surface area contributed by atoms with Gasteiger partial charge in [-0.2, -0.15) is 0 Å². The summed E-state index contributed by atoms with van der Waals surface area (Å²) in [6, 6.07) is 13.3. The van der Waals surface area contributed by atoms with Gasteiger partial charge >= 0.3 is 0 Å². The highest BCUT2D eigenvalue weighted by molar-refractivity contribution is 9.09. The molecule has 0 N–H and O–H groups in total. The van der Waals surface area contributed by atoms with Gasteiger partial charge in [-0.1, -0.05) is 46.3 Å². The highest BCUT2D eigenvalue weighted by atomic mass is 79.9. The molecule has 9 heteroatoms. The number of alkyl halides is 1. The molecule has 0 saturated heterocycles. The number of fused-ring (bicyclic) bond motifs is 3. The molecule has 0 aliphatic heterocycles. The van der Waals surface area contributed by atoms with Gasteiger partial charge in [0.25, 0.3) is 5.56 Å². The molecule has 1 atom stereocenters. The number of nitrogens with zero attached hydrogens (tertiary/aromatic N) is 2. The predicted molar refractivity (Wildman–Crippen MR) is 140 cm³/mol. The van der Waals surface area contributed by atoms with Crippen LogP contribution >= 0.6 is 27.3 Å². The van der Waals surface area contributed by atoms with E-state index in [1.165, 1.54) is 11.3 Å². The number of ether oxygens (including phenoxy) is 3. The van der Waals surface area contributed by atoms with Crippen molar-refractivity contribution < 1.29 is 19.0 Å². The van der Waals surface area contributed by atoms with Gasteiger partial charge in [0.05, 0.1) is 38.1 Å². The number of methoxy groups -OCH3 is 3. The number of thiophene rings is 1. The molecule has 0 fully saturated rings. The van der Waals surface area contributed by atoms with Crippen LogP contribution in [0.25, 0.3) is 21.6 Å². The number of ketones is 1. The van der Waals surface area contributed by atoms with Gasteiger partial charge in [0.2, 0.25) is 5.75 Å². The molecular formula is C26H23BrN2O5S. The standard InChI is InChI=1S/C26H23BrN2O5S/c1-32-18-11-15(12-19(33-2)22(18)34-3)24-28-25-21(20-16(27)9-10-17(30)23(20)35-25)26(31)29(24)13-14-7-5-4-6-8-14/h4-8,11-12,16H,9-10,13H2,1-3H3. The van der Waals surface area contributed by atoms with Gasteiger partial charge in [0.15, 0.2) is 17.3 Å². The van der Waals surface area contributed by atoms with Gasteiger partial charge in [-0.05, 0) is 24.1 Å². The Bertz CT molecular complexity index is 1470. The molecule has 0 spiro atoms. The second-order valence-corrected chi connectivity index (χ2v) is 10.3. The van der Waals surface area contributed by atoms with Crippen LogP contribution in [0.1, 0.15) is 38.5 Å². The molecule has 4 aromatic rings. The predicted octanol–water partition coefficient (Wildman–Crippen LogP) is 5.61. The number of rotatable bonds is 6. The summed E-state index contributed by atoms with van der Waals surface area (Å²) in [5.74, 6) is 1.90. The first-order valence-corrected chi connectivity index (χ1v) is 12.8. The van der Waals surface area contributed by atoms with Crippen LogP contribution in [-0.2, 0) is 6.54 Å². The maximum atomic E-state index is 14.1. The molecule has 5 rings (SSSR count). The minimum Gasteiger partial charge on any atom is -0.493 e. The summed E-state index contributed by atoms with van der Waals surface area (Å²) in [6.45, 7) is 0.320. The first-order valence-electron chi connectivity index (χ1n) is 11.1. The van der Waals surface area contributed by atoms with Crippen molar-refractivity contribution in [1.82, 2.24) is 9.55 Å². The van der Waals surface area contributed by atoms with E-state index in [0.717, 1.165) is 11.1 Å². The lowest BCUT2D eigenvalue weighted by Gasteiger charge is -2.18. The summed E-state index contributed by atoms with van der Waals surface area (Å²) in [5, 5.41) is 0.507. The van der Waals surface area contributed by atoms with Crippen molar-refractivity contribution in [2.24, 2.45) is 0 Å². The van der Waals surface area contributed by atoms with Crippen molar-refractivity contribution in [3.8, 4) is 28.6 Å². The zero-order chi connectivity index (χ0) is 24.7. The average molecular weight is 555 g/mol. The average Bonchev–Trinajstić information content (AvgIpc) is 3.28. The molecule has 0 amide bonds. The van der Waals surface area contributed by atoms with Crippen LogP contribution in [0, 0.1) is 0 Å². The summed E-state index contributed by atoms with van der Waals surface area (Å²) in [6.07, 6.45) is 1.11. The van der Waals surface area contributed by atoms with Crippen LogP contribution in [0.4, 0.5) is 0 Å². The lowest BCUT2D eigenvalue weighted by atomic mass is 9.96. The molecule has 2 heterocycles. The fraction of sp³-hybridized carbons (Fsp3) is 0.269. The molecule has 2 aromatic heterocycles. The minimum atomic E-state index is -0.181. The zero-order valence-corrected chi connectivity index (χ0v) is 21.9. The molecule has 7 nitrogen and oxygen atoms in total. The number of carbonyl (C=O) groups is 1. The van der Waals surface area contributed by atoms with Crippen LogP contribution in [0.5, 0.6) is 17.2 Å². The Balaban J connectivity index is 1.83. The van der Waals surface area contributed by atoms with Crippen molar-refractivity contribution in [1.29, 1.82) is 0 Å². The van der Waals surface area contributed by atoms with E-state index in [1.54, 1.807) is 38.0 Å². The Morgan fingerprint density at radius 2 is 1.74 bits per heavy atom. The Hall–Kier alpha value is -3.17. The molecule has 1 aliphatic rings. The fourth-order valence-electron chi connectivity index (χ4n) is 4.47. The van der Waals surface area contributed by atoms with E-state index >= 15 is 0 Å². The van der Waals surface area contributed by atoms with E-state index in [2.05, 4.69) is 15.9 Å². The quantitative estimate of drug-likeness (QED) is 0.288. The monoisotopic (exact) mass is 554 g/mol. The molecule has 0 saturated carbocycles. The number of aromatic nitrogens is 2. The van der Waals surface area contributed by atoms with E-state index < -0.39 is 0 Å². The third kappa shape index (κ3) is 4.02. The smallest absolute Gasteiger partial charge is 0.263 e. The number of carbonyl (C=O) groups excluding carboxylic acids is 1. The van der Waals surface area contributed by atoms with Crippen LogP contribution in [-0.4, -0.2) is 36.7 Å². The van der Waals surface area contributed by atoms with E-state index in [1.807, 2.05) is 30.3 Å². The third-order valence-electron chi connectivity index (χ3n) is 6.15. The second kappa shape index (κ2) is 9.47. The maximum absolute atomic E-state index is 14.1. The maximum Gasteiger partial charge on any atom is 0.263 e. The molecule has 0 radical (unpaired) electrons. The largest absolute Gasteiger partial charge is 0.493 e. The van der Waals surface area contributed by atoms with E-state index in [-0.39, 0.29) is 16.2 Å². The lowest BCUT2D eigenvalue weighted by molar-refractivity contribution is 0.0977. The van der Waals surface area contributed by atoms with Crippen molar-refractivity contribution >= 4 is 43.3 Å². The first-order chi connectivity index (χ1) is 17.0. The molecule has 2 aromatic carbocycles. The topological polar surface area (TPSA) is 79.7 Å². The summed E-state index contributed by atoms with van der Waals surface area (Å²) < 4.78 is 18.2. The highest BCUT2D eigenvalue weighted by Crippen LogP contribution is 2.45. The van der Waals surface area contributed by atoms with Crippen molar-refractivity contribution in [2.45, 2.75) is 24.2 Å². The molecule has 180 valence electrons. The third-order valence-corrected chi connectivity index (χ3v) is 8.20. The summed E-state index contributed by atoms with van der Waals surface area (Å²) in [4.78, 5) is 32.8. The van der Waals surface area contributed by atoms with Gasteiger partial charge in [-0.15, -0.1) is 11.3 Å². The summed E-state index contributed by atoms with van der Waals surface area (Å²) in [5.41, 5.74) is 2.18. The summed E-state index contributed by atoms with van der Waals surface area (Å²) in [7, 11) is 4.63. The fourth-order valence-corrected chi connectivity index (χ4v) is 6.50. The Morgan fingerprint density at radius 1 is 1.06 bits per heavy atom. The number of halogens is 1. The number of Topliss-reactive ketones (excluding diaryl/α,β-unsaturated/α-hetero) is 1. The molecule has 1 unspecified atom stereocenters. The normalized spacial score (nSPS) is 15.2. The first kappa shape index (κ1) is 23.6. The second-order valence-electron chi connectivity index (χ2n) is 8.18. The van der Waals surface area contributed by atoms with Gasteiger partial charge in [0.1, 0.15) is 10.7 Å². The van der Waals surface area contributed by atoms with E-state index in [4.69, 9.17) is 19.2 Å². The SMILES string of the molecule is COc1cc(-c2nc3sc4c(c3c(=O)n2Cc2ccccc2)C(Br)CCC4=O)cc(OC)c1OC. The lowest BCUT2D eigenvalue weighted by Crippen LogP contribution is -2.25. The Morgan fingerprint density at radius 3 is 2.37 bits per heavy atom. The highest BCUT2D eigenvalue weighted by Gasteiger charge is 2.32. The van der Waals surface area contributed by atoms with Gasteiger partial charge < -0.3 is 14.2 Å². The Labute approximate surface area is 214 Å². The molecule has 35 heavy (non-hydrogen) atoms. The number of hydrogen-bond acceptors (Lipinski definition) is 7.